The zero-order chi connectivity index (χ0) is 21.9. The van der Waals surface area contributed by atoms with Crippen LogP contribution in [0.4, 0.5) is 5.13 Å². The van der Waals surface area contributed by atoms with Crippen molar-refractivity contribution in [3.63, 3.8) is 0 Å². The number of carbonyl (C=O) groups excluding carboxylic acids is 1. The highest BCUT2D eigenvalue weighted by Crippen LogP contribution is 2.33. The third kappa shape index (κ3) is 3.90. The van der Waals surface area contributed by atoms with Gasteiger partial charge in [-0.1, -0.05) is 71.9 Å². The molecule has 0 unspecified atom stereocenters. The maximum absolute atomic E-state index is 13.6. The largest absolute Gasteiger partial charge is 0.355 e. The van der Waals surface area contributed by atoms with Crippen LogP contribution in [0.5, 0.6) is 0 Å². The topological polar surface area (TPSA) is 72.1 Å². The van der Waals surface area contributed by atoms with Crippen LogP contribution in [0.25, 0.3) is 21.5 Å². The van der Waals surface area contributed by atoms with Crippen molar-refractivity contribution in [1.82, 2.24) is 15.1 Å². The summed E-state index contributed by atoms with van der Waals surface area (Å²) in [6.07, 6.45) is 2.59. The SMILES string of the molecule is CCc1cccc2sc(N(Cc3ccccn3)C(=O)c3cc(-c4ccccc4)on3)nc12. The minimum Gasteiger partial charge on any atom is -0.355 e. The van der Waals surface area contributed by atoms with Crippen molar-refractivity contribution in [3.05, 3.63) is 95.9 Å². The van der Waals surface area contributed by atoms with Gasteiger partial charge in [0.1, 0.15) is 0 Å². The molecule has 158 valence electrons. The minimum atomic E-state index is -0.279. The number of rotatable bonds is 6. The Hall–Kier alpha value is -3.84. The predicted molar refractivity (Wildman–Crippen MR) is 126 cm³/mol. The lowest BCUT2D eigenvalue weighted by atomic mass is 10.1. The summed E-state index contributed by atoms with van der Waals surface area (Å²) in [6, 6.07) is 23.0. The molecule has 3 heterocycles. The lowest BCUT2D eigenvalue weighted by Gasteiger charge is -2.18. The number of para-hydroxylation sites is 1. The van der Waals surface area contributed by atoms with Gasteiger partial charge in [0, 0.05) is 17.8 Å². The maximum Gasteiger partial charge on any atom is 0.282 e. The standard InChI is InChI=1S/C25H20N4O2S/c1-2-17-11-8-13-22-23(17)27-25(32-22)29(16-19-12-6-7-14-26-19)24(30)20-15-21(31-28-20)18-9-4-3-5-10-18/h3-15H,2,16H2,1H3. The average Bonchev–Trinajstić information content (AvgIpc) is 3.51. The van der Waals surface area contributed by atoms with Gasteiger partial charge in [0.15, 0.2) is 16.6 Å². The summed E-state index contributed by atoms with van der Waals surface area (Å²) >= 11 is 1.49. The first-order chi connectivity index (χ1) is 15.7. The third-order valence-electron chi connectivity index (χ3n) is 5.18. The average molecular weight is 441 g/mol. The molecule has 0 saturated carbocycles. The number of aryl methyl sites for hydroxylation is 1. The van der Waals surface area contributed by atoms with Gasteiger partial charge in [-0.15, -0.1) is 0 Å². The number of aromatic nitrogens is 3. The van der Waals surface area contributed by atoms with Gasteiger partial charge >= 0.3 is 0 Å². The molecule has 5 aromatic rings. The van der Waals surface area contributed by atoms with E-state index >= 15 is 0 Å². The number of thiazole rings is 1. The highest BCUT2D eigenvalue weighted by molar-refractivity contribution is 7.22. The Labute approximate surface area is 189 Å². The molecule has 0 saturated heterocycles. The molecular formula is C25H20N4O2S. The monoisotopic (exact) mass is 440 g/mol. The fourth-order valence-corrected chi connectivity index (χ4v) is 4.54. The summed E-state index contributed by atoms with van der Waals surface area (Å²) in [4.78, 5) is 24.4. The van der Waals surface area contributed by atoms with Crippen LogP contribution in [-0.2, 0) is 13.0 Å². The van der Waals surface area contributed by atoms with Crippen molar-refractivity contribution in [2.24, 2.45) is 0 Å². The highest BCUT2D eigenvalue weighted by Gasteiger charge is 2.25. The molecule has 5 rings (SSSR count). The quantitative estimate of drug-likeness (QED) is 0.336. The molecule has 7 heteroatoms. The van der Waals surface area contributed by atoms with Gasteiger partial charge in [0.25, 0.3) is 5.91 Å². The summed E-state index contributed by atoms with van der Waals surface area (Å²) in [5.41, 5.74) is 3.95. The first kappa shape index (κ1) is 20.1. The second kappa shape index (κ2) is 8.72. The second-order valence-electron chi connectivity index (χ2n) is 7.27. The van der Waals surface area contributed by atoms with Crippen molar-refractivity contribution in [2.45, 2.75) is 19.9 Å². The zero-order valence-corrected chi connectivity index (χ0v) is 18.2. The Morgan fingerprint density at radius 2 is 1.88 bits per heavy atom. The molecule has 1 amide bonds. The number of hydrogen-bond donors (Lipinski definition) is 0. The lowest BCUT2D eigenvalue weighted by molar-refractivity contribution is 0.0976. The van der Waals surface area contributed by atoms with Gasteiger partial charge in [-0.05, 0) is 30.2 Å². The molecule has 6 nitrogen and oxygen atoms in total. The second-order valence-corrected chi connectivity index (χ2v) is 8.28. The Kier molecular flexibility index (Phi) is 5.47. The van der Waals surface area contributed by atoms with Crippen LogP contribution < -0.4 is 4.90 Å². The van der Waals surface area contributed by atoms with Crippen LogP contribution in [0.1, 0.15) is 28.7 Å². The number of benzene rings is 2. The number of anilines is 1. The van der Waals surface area contributed by atoms with Gasteiger partial charge in [0.05, 0.1) is 22.5 Å². The maximum atomic E-state index is 13.6. The van der Waals surface area contributed by atoms with E-state index in [1.54, 1.807) is 17.2 Å². The van der Waals surface area contributed by atoms with Gasteiger partial charge in [-0.2, -0.15) is 0 Å². The fraction of sp³-hybridized carbons (Fsp3) is 0.120. The number of fused-ring (bicyclic) bond motifs is 1. The lowest BCUT2D eigenvalue weighted by Crippen LogP contribution is -2.31. The van der Waals surface area contributed by atoms with Crippen LogP contribution in [0.15, 0.2) is 83.5 Å². The zero-order valence-electron chi connectivity index (χ0n) is 17.4. The molecule has 0 radical (unpaired) electrons. The molecule has 0 fully saturated rings. The van der Waals surface area contributed by atoms with Crippen LogP contribution in [0, 0.1) is 0 Å². The highest BCUT2D eigenvalue weighted by atomic mass is 32.1. The number of hydrogen-bond acceptors (Lipinski definition) is 6. The number of pyridine rings is 1. The molecular weight excluding hydrogens is 420 g/mol. The van der Waals surface area contributed by atoms with E-state index in [2.05, 4.69) is 23.1 Å². The van der Waals surface area contributed by atoms with E-state index in [-0.39, 0.29) is 18.1 Å². The van der Waals surface area contributed by atoms with Gasteiger partial charge in [-0.25, -0.2) is 4.98 Å². The summed E-state index contributed by atoms with van der Waals surface area (Å²) < 4.78 is 6.52. The van der Waals surface area contributed by atoms with E-state index in [1.165, 1.54) is 11.3 Å². The Bertz CT molecular complexity index is 1360. The van der Waals surface area contributed by atoms with Crippen molar-refractivity contribution >= 4 is 32.6 Å². The summed E-state index contributed by atoms with van der Waals surface area (Å²) in [7, 11) is 0. The number of carbonyl (C=O) groups is 1. The first-order valence-corrected chi connectivity index (χ1v) is 11.2. The van der Waals surface area contributed by atoms with Gasteiger partial charge in [0.2, 0.25) is 0 Å². The fourth-order valence-electron chi connectivity index (χ4n) is 3.53. The van der Waals surface area contributed by atoms with Crippen molar-refractivity contribution in [2.75, 3.05) is 4.90 Å². The molecule has 2 aromatic carbocycles. The van der Waals surface area contributed by atoms with Crippen molar-refractivity contribution in [1.29, 1.82) is 0 Å². The third-order valence-corrected chi connectivity index (χ3v) is 6.23. The summed E-state index contributed by atoms with van der Waals surface area (Å²) in [5.74, 6) is 0.267. The van der Waals surface area contributed by atoms with Gasteiger partial charge < -0.3 is 4.52 Å². The molecule has 0 aliphatic heterocycles. The van der Waals surface area contributed by atoms with E-state index in [0.717, 1.165) is 33.5 Å². The molecule has 0 spiro atoms. The van der Waals surface area contributed by atoms with E-state index < -0.39 is 0 Å². The predicted octanol–water partition coefficient (Wildman–Crippen LogP) is 5.76. The smallest absolute Gasteiger partial charge is 0.282 e. The Morgan fingerprint density at radius 3 is 2.66 bits per heavy atom. The van der Waals surface area contributed by atoms with E-state index in [1.807, 2.05) is 60.7 Å². The number of nitrogens with zero attached hydrogens (tertiary/aromatic N) is 4. The van der Waals surface area contributed by atoms with Gasteiger partial charge in [-0.3, -0.25) is 14.7 Å². The summed E-state index contributed by atoms with van der Waals surface area (Å²) in [5, 5.41) is 4.67. The van der Waals surface area contributed by atoms with Crippen LogP contribution >= 0.6 is 11.3 Å². The van der Waals surface area contributed by atoms with Crippen LogP contribution in [-0.4, -0.2) is 21.0 Å². The Morgan fingerprint density at radius 1 is 1.03 bits per heavy atom. The Balaban J connectivity index is 1.54. The van der Waals surface area contributed by atoms with Crippen LogP contribution in [0.2, 0.25) is 0 Å². The molecule has 3 aromatic heterocycles. The van der Waals surface area contributed by atoms with Crippen molar-refractivity contribution < 1.29 is 9.32 Å². The van der Waals surface area contributed by atoms with E-state index in [4.69, 9.17) is 9.51 Å². The molecule has 0 atom stereocenters. The van der Waals surface area contributed by atoms with E-state index in [0.29, 0.717) is 10.9 Å². The molecule has 0 bridgehead atoms. The minimum absolute atomic E-state index is 0.231. The van der Waals surface area contributed by atoms with Crippen molar-refractivity contribution in [3.8, 4) is 11.3 Å². The normalized spacial score (nSPS) is 11.0. The van der Waals surface area contributed by atoms with Crippen LogP contribution in [0.3, 0.4) is 0 Å². The molecule has 0 N–H and O–H groups in total. The first-order valence-electron chi connectivity index (χ1n) is 10.4. The van der Waals surface area contributed by atoms with E-state index in [9.17, 15) is 4.79 Å². The molecule has 32 heavy (non-hydrogen) atoms. The molecule has 0 aliphatic carbocycles. The summed E-state index contributed by atoms with van der Waals surface area (Å²) in [6.45, 7) is 2.39. The molecule has 0 aliphatic rings. The number of amides is 1.